The fourth-order valence-corrected chi connectivity index (χ4v) is 1.23. The molecule has 1 heterocycles. The number of nitrogen functional groups attached to an aromatic ring is 1. The Bertz CT molecular complexity index is 489. The van der Waals surface area contributed by atoms with Crippen LogP contribution in [0.1, 0.15) is 17.6 Å². The van der Waals surface area contributed by atoms with Crippen LogP contribution in [0.4, 0.5) is 27.8 Å². The molecule has 0 saturated carbocycles. The highest BCUT2D eigenvalue weighted by molar-refractivity contribution is 5.71. The van der Waals surface area contributed by atoms with Crippen LogP contribution in [-0.2, 0) is 11.2 Å². The average Bonchev–Trinajstić information content (AvgIpc) is 2.18. The van der Waals surface area contributed by atoms with Crippen molar-refractivity contribution in [3.63, 3.8) is 0 Å². The number of aliphatic carboxylic acids is 1. The van der Waals surface area contributed by atoms with Crippen LogP contribution in [0.3, 0.4) is 0 Å². The van der Waals surface area contributed by atoms with E-state index in [2.05, 4.69) is 9.72 Å². The standard InChI is InChI=1S/C9H7F5N2O3/c10-6(11)4-1-3(2-5(17)18)8(16-7(4)15)19-9(12,13)14/h1,6H,2H2,(H2,15,16)(H,17,18). The second-order valence-corrected chi connectivity index (χ2v) is 3.35. The third kappa shape index (κ3) is 4.23. The van der Waals surface area contributed by atoms with Crippen molar-refractivity contribution >= 4 is 11.8 Å². The molecule has 3 N–H and O–H groups in total. The molecule has 0 aliphatic carbocycles. The van der Waals surface area contributed by atoms with Gasteiger partial charge in [0.25, 0.3) is 6.43 Å². The number of nitrogens with two attached hydrogens (primary N) is 1. The quantitative estimate of drug-likeness (QED) is 0.828. The van der Waals surface area contributed by atoms with Gasteiger partial charge in [-0.3, -0.25) is 4.79 Å². The molecular formula is C9H7F5N2O3. The Morgan fingerprint density at radius 3 is 2.47 bits per heavy atom. The number of alkyl halides is 5. The van der Waals surface area contributed by atoms with E-state index in [0.29, 0.717) is 6.07 Å². The molecule has 5 nitrogen and oxygen atoms in total. The molecule has 0 aliphatic rings. The molecule has 0 radical (unpaired) electrons. The Labute approximate surface area is 102 Å². The maximum atomic E-state index is 12.5. The molecular weight excluding hydrogens is 279 g/mol. The third-order valence-electron chi connectivity index (χ3n) is 1.91. The van der Waals surface area contributed by atoms with Gasteiger partial charge < -0.3 is 15.6 Å². The Balaban J connectivity index is 3.27. The van der Waals surface area contributed by atoms with Crippen LogP contribution in [0.15, 0.2) is 6.07 Å². The summed E-state index contributed by atoms with van der Waals surface area (Å²) in [5.41, 5.74) is 3.56. The first-order chi connectivity index (χ1) is 8.60. The van der Waals surface area contributed by atoms with Gasteiger partial charge in [-0.1, -0.05) is 0 Å². The van der Waals surface area contributed by atoms with E-state index in [0.717, 1.165) is 0 Å². The second-order valence-electron chi connectivity index (χ2n) is 3.35. The molecule has 0 aromatic carbocycles. The fourth-order valence-electron chi connectivity index (χ4n) is 1.23. The zero-order valence-electron chi connectivity index (χ0n) is 9.04. The Morgan fingerprint density at radius 1 is 1.47 bits per heavy atom. The van der Waals surface area contributed by atoms with Crippen molar-refractivity contribution in [1.29, 1.82) is 0 Å². The SMILES string of the molecule is Nc1nc(OC(F)(F)F)c(CC(=O)O)cc1C(F)F. The number of halogens is 5. The van der Waals surface area contributed by atoms with Crippen LogP contribution in [-0.4, -0.2) is 22.4 Å². The summed E-state index contributed by atoms with van der Waals surface area (Å²) in [6.07, 6.45) is -9.20. The van der Waals surface area contributed by atoms with Crippen molar-refractivity contribution in [1.82, 2.24) is 4.98 Å². The Morgan fingerprint density at radius 2 is 2.05 bits per heavy atom. The lowest BCUT2D eigenvalue weighted by Gasteiger charge is -2.14. The molecule has 0 atom stereocenters. The average molecular weight is 286 g/mol. The number of aromatic nitrogens is 1. The molecule has 0 fully saturated rings. The lowest BCUT2D eigenvalue weighted by Crippen LogP contribution is -2.20. The van der Waals surface area contributed by atoms with E-state index in [1.165, 1.54) is 0 Å². The molecule has 0 unspecified atom stereocenters. The van der Waals surface area contributed by atoms with Gasteiger partial charge in [0.05, 0.1) is 12.0 Å². The van der Waals surface area contributed by atoms with Crippen molar-refractivity contribution in [2.24, 2.45) is 0 Å². The summed E-state index contributed by atoms with van der Waals surface area (Å²) in [4.78, 5) is 13.5. The minimum atomic E-state index is -5.14. The summed E-state index contributed by atoms with van der Waals surface area (Å²) in [6.45, 7) is 0. The van der Waals surface area contributed by atoms with Gasteiger partial charge in [-0.15, -0.1) is 13.2 Å². The topological polar surface area (TPSA) is 85.4 Å². The second kappa shape index (κ2) is 5.24. The summed E-state index contributed by atoms with van der Waals surface area (Å²) >= 11 is 0. The first kappa shape index (κ1) is 14.9. The van der Waals surface area contributed by atoms with Gasteiger partial charge in [0.1, 0.15) is 5.82 Å². The van der Waals surface area contributed by atoms with Crippen LogP contribution < -0.4 is 10.5 Å². The van der Waals surface area contributed by atoms with E-state index in [1.54, 1.807) is 0 Å². The van der Waals surface area contributed by atoms with Crippen molar-refractivity contribution in [3.8, 4) is 5.88 Å². The number of carboxylic acids is 1. The van der Waals surface area contributed by atoms with E-state index in [4.69, 9.17) is 10.8 Å². The smallest absolute Gasteiger partial charge is 0.481 e. The van der Waals surface area contributed by atoms with E-state index >= 15 is 0 Å². The predicted octanol–water partition coefficient (Wildman–Crippen LogP) is 2.13. The lowest BCUT2D eigenvalue weighted by molar-refractivity contribution is -0.276. The number of rotatable bonds is 4. The highest BCUT2D eigenvalue weighted by atomic mass is 19.4. The van der Waals surface area contributed by atoms with Crippen LogP contribution >= 0.6 is 0 Å². The number of carboxylic acid groups (broad SMARTS) is 1. The van der Waals surface area contributed by atoms with Gasteiger partial charge in [0.2, 0.25) is 5.88 Å². The number of hydrogen-bond acceptors (Lipinski definition) is 4. The van der Waals surface area contributed by atoms with Gasteiger partial charge in [-0.2, -0.15) is 4.98 Å². The number of nitrogens with zero attached hydrogens (tertiary/aromatic N) is 1. The molecule has 1 aromatic rings. The van der Waals surface area contributed by atoms with Gasteiger partial charge in [-0.05, 0) is 6.07 Å². The molecule has 106 valence electrons. The minimum absolute atomic E-state index is 0.530. The normalized spacial score (nSPS) is 11.7. The maximum Gasteiger partial charge on any atom is 0.574 e. The van der Waals surface area contributed by atoms with Crippen molar-refractivity contribution in [2.75, 3.05) is 5.73 Å². The number of anilines is 1. The van der Waals surface area contributed by atoms with E-state index in [1.807, 2.05) is 0 Å². The van der Waals surface area contributed by atoms with Crippen molar-refractivity contribution in [3.05, 3.63) is 17.2 Å². The highest BCUT2D eigenvalue weighted by Crippen LogP contribution is 2.31. The Kier molecular flexibility index (Phi) is 4.12. The first-order valence-corrected chi connectivity index (χ1v) is 4.65. The van der Waals surface area contributed by atoms with E-state index in [-0.39, 0.29) is 0 Å². The molecule has 0 amide bonds. The highest BCUT2D eigenvalue weighted by Gasteiger charge is 2.34. The van der Waals surface area contributed by atoms with Gasteiger partial charge >= 0.3 is 12.3 Å². The zero-order chi connectivity index (χ0) is 14.8. The summed E-state index contributed by atoms with van der Waals surface area (Å²) < 4.78 is 64.6. The van der Waals surface area contributed by atoms with Crippen LogP contribution in [0, 0.1) is 0 Å². The van der Waals surface area contributed by atoms with Crippen molar-refractivity contribution < 1.29 is 36.6 Å². The maximum absolute atomic E-state index is 12.5. The first-order valence-electron chi connectivity index (χ1n) is 4.65. The van der Waals surface area contributed by atoms with Crippen LogP contribution in [0.25, 0.3) is 0 Å². The molecule has 0 saturated heterocycles. The number of hydrogen-bond donors (Lipinski definition) is 2. The lowest BCUT2D eigenvalue weighted by atomic mass is 10.1. The molecule has 0 aliphatic heterocycles. The van der Waals surface area contributed by atoms with Gasteiger partial charge in [0.15, 0.2) is 0 Å². The summed E-state index contributed by atoms with van der Waals surface area (Å²) in [5.74, 6) is -3.54. The molecule has 0 spiro atoms. The Hall–Kier alpha value is -2.13. The molecule has 0 bridgehead atoms. The van der Waals surface area contributed by atoms with Crippen molar-refractivity contribution in [2.45, 2.75) is 19.2 Å². The summed E-state index contributed by atoms with van der Waals surface area (Å²) in [5, 5.41) is 8.51. The summed E-state index contributed by atoms with van der Waals surface area (Å²) in [6, 6.07) is 0.530. The molecule has 10 heteroatoms. The monoisotopic (exact) mass is 286 g/mol. The van der Waals surface area contributed by atoms with Crippen LogP contribution in [0.2, 0.25) is 0 Å². The zero-order valence-corrected chi connectivity index (χ0v) is 9.04. The number of carbonyl (C=O) groups is 1. The van der Waals surface area contributed by atoms with E-state index in [9.17, 15) is 26.7 Å². The van der Waals surface area contributed by atoms with Gasteiger partial charge in [-0.25, -0.2) is 8.78 Å². The minimum Gasteiger partial charge on any atom is -0.481 e. The molecule has 1 aromatic heterocycles. The number of ether oxygens (including phenoxy) is 1. The largest absolute Gasteiger partial charge is 0.574 e. The summed E-state index contributed by atoms with van der Waals surface area (Å²) in [7, 11) is 0. The van der Waals surface area contributed by atoms with Crippen LogP contribution in [0.5, 0.6) is 5.88 Å². The molecule has 19 heavy (non-hydrogen) atoms. The van der Waals surface area contributed by atoms with E-state index < -0.39 is 48.0 Å². The predicted molar refractivity (Wildman–Crippen MR) is 51.6 cm³/mol. The third-order valence-corrected chi connectivity index (χ3v) is 1.91. The molecule has 1 rings (SSSR count). The number of pyridine rings is 1. The van der Waals surface area contributed by atoms with Gasteiger partial charge in [0, 0.05) is 5.56 Å². The fraction of sp³-hybridized carbons (Fsp3) is 0.333.